The Labute approximate surface area is 265 Å². The fourth-order valence-electron chi connectivity index (χ4n) is 7.88. The fourth-order valence-corrected chi connectivity index (χ4v) is 9.12. The molecule has 0 N–H and O–H groups in total. The molecule has 0 radical (unpaired) electrons. The number of nitriles is 2. The molecule has 7 aromatic rings. The lowest BCUT2D eigenvalue weighted by atomic mass is 9.82. The molecule has 3 nitrogen and oxygen atoms in total. The Morgan fingerprint density at radius 2 is 1.53 bits per heavy atom. The fraction of sp³-hybridized carbons (Fsp3) is 0.122. The third-order valence-corrected chi connectivity index (χ3v) is 11.1. The van der Waals surface area contributed by atoms with Crippen LogP contribution >= 0.6 is 11.3 Å². The number of aryl methyl sites for hydroxylation is 1. The molecule has 0 spiro atoms. The minimum Gasteiger partial charge on any atom is -0.309 e. The van der Waals surface area contributed by atoms with Crippen molar-refractivity contribution in [1.29, 1.82) is 10.5 Å². The lowest BCUT2D eigenvalue weighted by molar-refractivity contribution is 0.661. The van der Waals surface area contributed by atoms with E-state index in [4.69, 9.17) is 0 Å². The van der Waals surface area contributed by atoms with Gasteiger partial charge < -0.3 is 4.57 Å². The summed E-state index contributed by atoms with van der Waals surface area (Å²) in [6.07, 6.45) is 4.14. The maximum Gasteiger partial charge on any atom is 0.0998 e. The first-order valence-corrected chi connectivity index (χ1v) is 16.2. The van der Waals surface area contributed by atoms with Gasteiger partial charge in [-0.25, -0.2) is 0 Å². The standard InChI is InChI=1S/C41H27N3S/c1-41(2)33-11-5-3-9-27(33)30-20-32-29-16-15-25(19-38(29)45-39(32)21-34(30)41)40-26(23-43)8-7-13-37(40)44-35-12-6-4-10-28(35)31-18-24(22-42)14-17-36(31)44/h3-14,17-21H,15-16H2,1-2H3. The molecule has 9 rings (SSSR count). The molecule has 0 bridgehead atoms. The van der Waals surface area contributed by atoms with Crippen LogP contribution in [0, 0.1) is 22.7 Å². The number of para-hydroxylation sites is 1. The number of hydrogen-bond donors (Lipinski definition) is 0. The summed E-state index contributed by atoms with van der Waals surface area (Å²) in [5.41, 5.74) is 13.5. The molecule has 4 heteroatoms. The Hall–Kier alpha value is -5.42. The van der Waals surface area contributed by atoms with E-state index in [1.807, 2.05) is 47.7 Å². The van der Waals surface area contributed by atoms with E-state index in [1.54, 1.807) is 0 Å². The molecule has 0 saturated carbocycles. The van der Waals surface area contributed by atoms with Crippen molar-refractivity contribution in [2.75, 3.05) is 0 Å². The van der Waals surface area contributed by atoms with Gasteiger partial charge >= 0.3 is 0 Å². The summed E-state index contributed by atoms with van der Waals surface area (Å²) in [6, 6.07) is 38.8. The Bertz CT molecular complexity index is 2540. The largest absolute Gasteiger partial charge is 0.309 e. The molecule has 0 saturated heterocycles. The van der Waals surface area contributed by atoms with Gasteiger partial charge in [0.1, 0.15) is 0 Å². The number of nitrogens with zero attached hydrogens (tertiary/aromatic N) is 3. The number of allylic oxidation sites excluding steroid dienone is 1. The third kappa shape index (κ3) is 3.55. The minimum absolute atomic E-state index is 0.0252. The van der Waals surface area contributed by atoms with Crippen molar-refractivity contribution in [3.8, 4) is 29.0 Å². The van der Waals surface area contributed by atoms with Crippen LogP contribution in [0.5, 0.6) is 0 Å². The lowest BCUT2D eigenvalue weighted by Gasteiger charge is -2.21. The van der Waals surface area contributed by atoms with Crippen LogP contribution < -0.4 is 0 Å². The van der Waals surface area contributed by atoms with Crippen molar-refractivity contribution >= 4 is 54.9 Å². The molecule has 212 valence electrons. The quantitative estimate of drug-likeness (QED) is 0.200. The average molecular weight is 594 g/mol. The van der Waals surface area contributed by atoms with Gasteiger partial charge in [-0.15, -0.1) is 11.3 Å². The number of fused-ring (bicyclic) bond motifs is 9. The van der Waals surface area contributed by atoms with Gasteiger partial charge in [0, 0.05) is 31.3 Å². The molecule has 2 aliphatic rings. The predicted molar refractivity (Wildman–Crippen MR) is 186 cm³/mol. The van der Waals surface area contributed by atoms with Crippen LogP contribution in [0.15, 0.2) is 97.1 Å². The normalized spacial score (nSPS) is 14.5. The topological polar surface area (TPSA) is 52.5 Å². The van der Waals surface area contributed by atoms with Crippen molar-refractivity contribution < 1.29 is 0 Å². The minimum atomic E-state index is -0.0252. The number of benzene rings is 5. The van der Waals surface area contributed by atoms with Crippen molar-refractivity contribution in [2.45, 2.75) is 32.1 Å². The van der Waals surface area contributed by atoms with Crippen molar-refractivity contribution in [1.82, 2.24) is 4.57 Å². The van der Waals surface area contributed by atoms with Crippen LogP contribution in [-0.2, 0) is 11.8 Å². The van der Waals surface area contributed by atoms with E-state index < -0.39 is 0 Å². The molecule has 45 heavy (non-hydrogen) atoms. The molecule has 0 aliphatic heterocycles. The first kappa shape index (κ1) is 26.0. The predicted octanol–water partition coefficient (Wildman–Crippen LogP) is 10.5. The number of aromatic nitrogens is 1. The zero-order valence-electron chi connectivity index (χ0n) is 25.0. The van der Waals surface area contributed by atoms with E-state index in [-0.39, 0.29) is 5.41 Å². The highest BCUT2D eigenvalue weighted by Gasteiger charge is 2.36. The molecule has 0 fully saturated rings. The Balaban J connectivity index is 1.26. The summed E-state index contributed by atoms with van der Waals surface area (Å²) < 4.78 is 3.61. The van der Waals surface area contributed by atoms with Gasteiger partial charge in [0.15, 0.2) is 0 Å². The van der Waals surface area contributed by atoms with E-state index in [1.165, 1.54) is 48.4 Å². The molecular weight excluding hydrogens is 567 g/mol. The summed E-state index contributed by atoms with van der Waals surface area (Å²) in [4.78, 5) is 1.29. The van der Waals surface area contributed by atoms with E-state index in [9.17, 15) is 10.5 Å². The number of thiophene rings is 1. The van der Waals surface area contributed by atoms with Crippen LogP contribution in [-0.4, -0.2) is 4.57 Å². The molecular formula is C41H27N3S. The first-order chi connectivity index (χ1) is 22.0. The first-order valence-electron chi connectivity index (χ1n) is 15.4. The van der Waals surface area contributed by atoms with Crippen molar-refractivity contribution in [3.05, 3.63) is 135 Å². The molecule has 0 amide bonds. The average Bonchev–Trinajstić information content (AvgIpc) is 3.68. The summed E-state index contributed by atoms with van der Waals surface area (Å²) in [5.74, 6) is 0. The Morgan fingerprint density at radius 3 is 2.40 bits per heavy atom. The second kappa shape index (κ2) is 9.29. The van der Waals surface area contributed by atoms with E-state index in [2.05, 4.69) is 97.3 Å². The van der Waals surface area contributed by atoms with E-state index in [0.717, 1.165) is 45.9 Å². The van der Waals surface area contributed by atoms with Gasteiger partial charge in [0.2, 0.25) is 0 Å². The second-order valence-electron chi connectivity index (χ2n) is 12.7. The van der Waals surface area contributed by atoms with Crippen molar-refractivity contribution in [3.63, 3.8) is 0 Å². The van der Waals surface area contributed by atoms with Crippen LogP contribution in [0.3, 0.4) is 0 Å². The lowest BCUT2D eigenvalue weighted by Crippen LogP contribution is -2.14. The van der Waals surface area contributed by atoms with Gasteiger partial charge in [0.05, 0.1) is 40.0 Å². The maximum absolute atomic E-state index is 10.4. The monoisotopic (exact) mass is 593 g/mol. The maximum atomic E-state index is 10.4. The van der Waals surface area contributed by atoms with Gasteiger partial charge in [-0.1, -0.05) is 62.4 Å². The van der Waals surface area contributed by atoms with E-state index >= 15 is 0 Å². The van der Waals surface area contributed by atoms with Gasteiger partial charge in [-0.2, -0.15) is 10.5 Å². The Kier molecular flexibility index (Phi) is 5.37. The number of rotatable bonds is 2. The molecule has 2 aliphatic carbocycles. The van der Waals surface area contributed by atoms with Crippen molar-refractivity contribution in [2.24, 2.45) is 0 Å². The number of hydrogen-bond acceptors (Lipinski definition) is 3. The zero-order valence-corrected chi connectivity index (χ0v) is 25.8. The summed E-state index contributed by atoms with van der Waals surface area (Å²) in [6.45, 7) is 4.68. The van der Waals surface area contributed by atoms with Crippen LogP contribution in [0.4, 0.5) is 0 Å². The van der Waals surface area contributed by atoms with Gasteiger partial charge in [-0.05, 0) is 106 Å². The summed E-state index contributed by atoms with van der Waals surface area (Å²) >= 11 is 1.87. The van der Waals surface area contributed by atoms with Gasteiger partial charge in [0.25, 0.3) is 0 Å². The Morgan fingerprint density at radius 1 is 0.711 bits per heavy atom. The molecule has 5 aromatic carbocycles. The summed E-state index contributed by atoms with van der Waals surface area (Å²) in [5, 5.41) is 23.5. The molecule has 2 heterocycles. The highest BCUT2D eigenvalue weighted by Crippen LogP contribution is 2.52. The molecule has 0 atom stereocenters. The molecule has 2 aromatic heterocycles. The van der Waals surface area contributed by atoms with Crippen LogP contribution in [0.1, 0.15) is 58.5 Å². The van der Waals surface area contributed by atoms with Crippen LogP contribution in [0.25, 0.3) is 60.4 Å². The van der Waals surface area contributed by atoms with E-state index in [0.29, 0.717) is 11.1 Å². The molecule has 0 unspecified atom stereocenters. The SMILES string of the molecule is CC1(C)c2ccccc2-c2cc3c4c(sc3cc21)C=C(c1c(C#N)cccc1-n1c2ccccc2c2cc(C#N)ccc21)CC4. The highest BCUT2D eigenvalue weighted by molar-refractivity contribution is 7.20. The summed E-state index contributed by atoms with van der Waals surface area (Å²) in [7, 11) is 0. The van der Waals surface area contributed by atoms with Gasteiger partial charge in [-0.3, -0.25) is 0 Å². The highest BCUT2D eigenvalue weighted by atomic mass is 32.1. The second-order valence-corrected chi connectivity index (χ2v) is 13.8. The van der Waals surface area contributed by atoms with Crippen LogP contribution in [0.2, 0.25) is 0 Å². The zero-order chi connectivity index (χ0) is 30.4. The third-order valence-electron chi connectivity index (χ3n) is 10.0. The smallest absolute Gasteiger partial charge is 0.0998 e.